The van der Waals surface area contributed by atoms with Gasteiger partial charge in [0.15, 0.2) is 0 Å². The highest BCUT2D eigenvalue weighted by molar-refractivity contribution is 7.99. The molecule has 106 valence electrons. The van der Waals surface area contributed by atoms with E-state index in [1.807, 2.05) is 36.9 Å². The van der Waals surface area contributed by atoms with E-state index in [9.17, 15) is 4.79 Å². The van der Waals surface area contributed by atoms with Crippen molar-refractivity contribution < 1.29 is 4.79 Å². The summed E-state index contributed by atoms with van der Waals surface area (Å²) in [6, 6.07) is 5.94. The Kier molecular flexibility index (Phi) is 5.51. The average molecular weight is 288 g/mol. The van der Waals surface area contributed by atoms with Gasteiger partial charge in [-0.2, -0.15) is 11.8 Å². The number of rotatable bonds is 2. The van der Waals surface area contributed by atoms with Gasteiger partial charge in [0.1, 0.15) is 0 Å². The predicted octanol–water partition coefficient (Wildman–Crippen LogP) is 1.93. The van der Waals surface area contributed by atoms with Crippen molar-refractivity contribution >= 4 is 17.7 Å². The van der Waals surface area contributed by atoms with Crippen molar-refractivity contribution in [3.63, 3.8) is 0 Å². The highest BCUT2D eigenvalue weighted by Gasteiger charge is 2.18. The molecule has 1 fully saturated rings. The lowest BCUT2D eigenvalue weighted by atomic mass is 10.0. The van der Waals surface area contributed by atoms with Crippen LogP contribution in [0.1, 0.15) is 34.3 Å². The fourth-order valence-electron chi connectivity index (χ4n) is 2.28. The highest BCUT2D eigenvalue weighted by Crippen LogP contribution is 2.18. The van der Waals surface area contributed by atoms with Gasteiger partial charge in [-0.25, -0.2) is 0 Å². The van der Waals surface area contributed by atoms with Gasteiger partial charge in [0, 0.05) is 22.9 Å². The second-order valence-corrected chi connectivity index (χ2v) is 6.02. The molecule has 2 rings (SSSR count). The Hall–Kier alpha value is -1.44. The topological polar surface area (TPSA) is 55.1 Å². The fourth-order valence-corrected chi connectivity index (χ4v) is 3.35. The monoisotopic (exact) mass is 288 g/mol. The first-order valence-electron chi connectivity index (χ1n) is 6.89. The summed E-state index contributed by atoms with van der Waals surface area (Å²) >= 11 is 1.91. The number of nitrogens with one attached hydrogen (secondary N) is 1. The van der Waals surface area contributed by atoms with Crippen LogP contribution in [0.3, 0.4) is 0 Å². The number of nitrogens with two attached hydrogens (primary N) is 1. The van der Waals surface area contributed by atoms with Crippen LogP contribution in [0.15, 0.2) is 18.2 Å². The standard InChI is InChI=1S/C16H20N2OS/c1-12-13(6-3-9-17)5-2-8-15(12)16(19)18-14-7-4-10-20-11-14/h2,5,8,14H,4,7,9-11,17H2,1H3,(H,18,19). The molecule has 1 aliphatic rings. The molecule has 0 aromatic heterocycles. The molecule has 0 aliphatic carbocycles. The Balaban J connectivity index is 2.13. The SMILES string of the molecule is Cc1c(C#CCN)cccc1C(=O)NC1CCCSC1. The van der Waals surface area contributed by atoms with Crippen molar-refractivity contribution in [2.24, 2.45) is 5.73 Å². The molecular weight excluding hydrogens is 268 g/mol. The number of carbonyl (C=O) groups excluding carboxylic acids is 1. The normalized spacial score (nSPS) is 18.0. The summed E-state index contributed by atoms with van der Waals surface area (Å²) in [6.45, 7) is 2.26. The number of hydrogen-bond donors (Lipinski definition) is 2. The van der Waals surface area contributed by atoms with E-state index in [2.05, 4.69) is 17.2 Å². The number of amides is 1. The first-order valence-corrected chi connectivity index (χ1v) is 8.05. The van der Waals surface area contributed by atoms with Gasteiger partial charge in [-0.1, -0.05) is 17.9 Å². The summed E-state index contributed by atoms with van der Waals surface area (Å²) in [5.74, 6) is 8.07. The van der Waals surface area contributed by atoms with Crippen LogP contribution in [-0.2, 0) is 0 Å². The lowest BCUT2D eigenvalue weighted by molar-refractivity contribution is 0.0938. The molecule has 0 spiro atoms. The molecule has 20 heavy (non-hydrogen) atoms. The van der Waals surface area contributed by atoms with Crippen molar-refractivity contribution in [2.75, 3.05) is 18.1 Å². The van der Waals surface area contributed by atoms with Crippen molar-refractivity contribution in [3.8, 4) is 11.8 Å². The Labute approximate surface area is 124 Å². The lowest BCUT2D eigenvalue weighted by Crippen LogP contribution is -2.38. The van der Waals surface area contributed by atoms with Crippen LogP contribution in [0.5, 0.6) is 0 Å². The van der Waals surface area contributed by atoms with E-state index in [0.29, 0.717) is 18.2 Å². The molecule has 1 aromatic carbocycles. The molecule has 1 saturated heterocycles. The summed E-state index contributed by atoms with van der Waals surface area (Å²) in [5, 5.41) is 3.13. The summed E-state index contributed by atoms with van der Waals surface area (Å²) in [6.07, 6.45) is 2.25. The number of thioether (sulfide) groups is 1. The molecule has 1 aromatic rings. The van der Waals surface area contributed by atoms with E-state index < -0.39 is 0 Å². The molecule has 3 N–H and O–H groups in total. The molecule has 4 heteroatoms. The van der Waals surface area contributed by atoms with Gasteiger partial charge in [-0.05, 0) is 43.2 Å². The van der Waals surface area contributed by atoms with Crippen LogP contribution in [0, 0.1) is 18.8 Å². The Morgan fingerprint density at radius 2 is 2.40 bits per heavy atom. The highest BCUT2D eigenvalue weighted by atomic mass is 32.2. The van der Waals surface area contributed by atoms with Crippen LogP contribution in [-0.4, -0.2) is 30.0 Å². The smallest absolute Gasteiger partial charge is 0.251 e. The minimum absolute atomic E-state index is 0.00592. The number of carbonyl (C=O) groups is 1. The average Bonchev–Trinajstić information content (AvgIpc) is 2.47. The maximum atomic E-state index is 12.4. The maximum absolute atomic E-state index is 12.4. The zero-order valence-corrected chi connectivity index (χ0v) is 12.6. The van der Waals surface area contributed by atoms with E-state index in [-0.39, 0.29) is 5.91 Å². The summed E-state index contributed by atoms with van der Waals surface area (Å²) in [7, 11) is 0. The van der Waals surface area contributed by atoms with Gasteiger partial charge in [0.25, 0.3) is 5.91 Å². The molecule has 3 nitrogen and oxygen atoms in total. The molecule has 0 radical (unpaired) electrons. The Bertz CT molecular complexity index is 539. The van der Waals surface area contributed by atoms with E-state index in [0.717, 1.165) is 23.3 Å². The van der Waals surface area contributed by atoms with Crippen molar-refractivity contribution in [3.05, 3.63) is 34.9 Å². The second kappa shape index (κ2) is 7.37. The molecular formula is C16H20N2OS. The van der Waals surface area contributed by atoms with Gasteiger partial charge in [-0.3, -0.25) is 4.79 Å². The molecule has 1 amide bonds. The van der Waals surface area contributed by atoms with Gasteiger partial charge < -0.3 is 11.1 Å². The van der Waals surface area contributed by atoms with E-state index in [4.69, 9.17) is 5.73 Å². The van der Waals surface area contributed by atoms with Crippen molar-refractivity contribution in [1.29, 1.82) is 0 Å². The van der Waals surface area contributed by atoms with Gasteiger partial charge in [0.05, 0.1) is 6.54 Å². The molecule has 1 heterocycles. The molecule has 0 bridgehead atoms. The largest absolute Gasteiger partial charge is 0.348 e. The minimum atomic E-state index is 0.00592. The van der Waals surface area contributed by atoms with Crippen LogP contribution < -0.4 is 11.1 Å². The zero-order valence-electron chi connectivity index (χ0n) is 11.7. The minimum Gasteiger partial charge on any atom is -0.348 e. The second-order valence-electron chi connectivity index (χ2n) is 4.87. The third kappa shape index (κ3) is 3.78. The Morgan fingerprint density at radius 1 is 1.55 bits per heavy atom. The van der Waals surface area contributed by atoms with Crippen LogP contribution in [0.2, 0.25) is 0 Å². The first kappa shape index (κ1) is 15.0. The summed E-state index contributed by atoms with van der Waals surface area (Å²) in [4.78, 5) is 12.4. The molecule has 1 aliphatic heterocycles. The third-order valence-corrected chi connectivity index (χ3v) is 4.61. The van der Waals surface area contributed by atoms with Gasteiger partial charge in [-0.15, -0.1) is 0 Å². The summed E-state index contributed by atoms with van der Waals surface area (Å²) in [5.41, 5.74) is 7.91. The first-order chi connectivity index (χ1) is 9.72. The fraction of sp³-hybridized carbons (Fsp3) is 0.438. The van der Waals surface area contributed by atoms with Crippen LogP contribution >= 0.6 is 11.8 Å². The Morgan fingerprint density at radius 3 is 3.10 bits per heavy atom. The van der Waals surface area contributed by atoms with E-state index >= 15 is 0 Å². The number of hydrogen-bond acceptors (Lipinski definition) is 3. The van der Waals surface area contributed by atoms with Crippen LogP contribution in [0.25, 0.3) is 0 Å². The summed E-state index contributed by atoms with van der Waals surface area (Å²) < 4.78 is 0. The third-order valence-electron chi connectivity index (χ3n) is 3.40. The van der Waals surface area contributed by atoms with Crippen molar-refractivity contribution in [1.82, 2.24) is 5.32 Å². The quantitative estimate of drug-likeness (QED) is 0.818. The van der Waals surface area contributed by atoms with Gasteiger partial charge >= 0.3 is 0 Å². The predicted molar refractivity (Wildman–Crippen MR) is 84.9 cm³/mol. The zero-order chi connectivity index (χ0) is 14.4. The lowest BCUT2D eigenvalue weighted by Gasteiger charge is -2.23. The maximum Gasteiger partial charge on any atom is 0.251 e. The molecule has 0 saturated carbocycles. The van der Waals surface area contributed by atoms with Crippen LogP contribution in [0.4, 0.5) is 0 Å². The molecule has 1 unspecified atom stereocenters. The number of benzene rings is 1. The van der Waals surface area contributed by atoms with Crippen molar-refractivity contribution in [2.45, 2.75) is 25.8 Å². The molecule has 1 atom stereocenters. The van der Waals surface area contributed by atoms with Gasteiger partial charge in [0.2, 0.25) is 0 Å². The van der Waals surface area contributed by atoms with E-state index in [1.54, 1.807) is 0 Å². The van der Waals surface area contributed by atoms with E-state index in [1.165, 1.54) is 12.2 Å².